The molecule has 0 spiro atoms. The summed E-state index contributed by atoms with van der Waals surface area (Å²) in [5.74, 6) is 0. The molecule has 0 saturated carbocycles. The van der Waals surface area contributed by atoms with Gasteiger partial charge in [-0.1, -0.05) is 23.7 Å². The largest absolute Gasteiger partial charge is 0.383 e. The first-order chi connectivity index (χ1) is 8.78. The van der Waals surface area contributed by atoms with E-state index in [0.717, 1.165) is 29.4 Å². The van der Waals surface area contributed by atoms with Gasteiger partial charge in [0.15, 0.2) is 0 Å². The number of ether oxygens (including phenoxy) is 1. The number of hydrogen-bond donors (Lipinski definition) is 1. The highest BCUT2D eigenvalue weighted by Crippen LogP contribution is 2.12. The summed E-state index contributed by atoms with van der Waals surface area (Å²) < 4.78 is 6.85. The lowest BCUT2D eigenvalue weighted by Crippen LogP contribution is -2.04. The smallest absolute Gasteiger partial charge is 0.0729 e. The Bertz CT molecular complexity index is 498. The van der Waals surface area contributed by atoms with Gasteiger partial charge >= 0.3 is 0 Å². The predicted octanol–water partition coefficient (Wildman–Crippen LogP) is 2.80. The number of hydrogen-bond acceptors (Lipinski definition) is 3. The van der Waals surface area contributed by atoms with Gasteiger partial charge in [0, 0.05) is 24.9 Å². The van der Waals surface area contributed by atoms with Crippen LogP contribution in [0.15, 0.2) is 36.7 Å². The number of nitrogens with one attached hydrogen (secondary N) is 1. The Morgan fingerprint density at radius 1 is 1.44 bits per heavy atom. The Balaban J connectivity index is 1.88. The van der Waals surface area contributed by atoms with E-state index in [1.165, 1.54) is 0 Å². The molecule has 1 N–H and O–H groups in total. The highest BCUT2D eigenvalue weighted by atomic mass is 35.5. The molecule has 1 aromatic heterocycles. The summed E-state index contributed by atoms with van der Waals surface area (Å²) in [6.07, 6.45) is 3.77. The Labute approximate surface area is 112 Å². The Morgan fingerprint density at radius 3 is 3.11 bits per heavy atom. The third-order valence-corrected chi connectivity index (χ3v) is 2.78. The quantitative estimate of drug-likeness (QED) is 0.873. The molecule has 0 atom stereocenters. The molecule has 0 aliphatic carbocycles. The maximum Gasteiger partial charge on any atom is 0.0729 e. The third-order valence-electron chi connectivity index (χ3n) is 2.54. The number of benzene rings is 1. The number of methoxy groups -OCH3 is 1. The van der Waals surface area contributed by atoms with Gasteiger partial charge < -0.3 is 10.1 Å². The summed E-state index contributed by atoms with van der Waals surface area (Å²) >= 11 is 5.93. The van der Waals surface area contributed by atoms with Crippen LogP contribution in [0.3, 0.4) is 0 Å². The zero-order valence-corrected chi connectivity index (χ0v) is 11.0. The molecule has 0 bridgehead atoms. The molecule has 0 amide bonds. The van der Waals surface area contributed by atoms with E-state index >= 15 is 0 Å². The average molecular weight is 266 g/mol. The lowest BCUT2D eigenvalue weighted by molar-refractivity contribution is 0.183. The summed E-state index contributed by atoms with van der Waals surface area (Å²) in [4.78, 5) is 0. The van der Waals surface area contributed by atoms with Crippen LogP contribution in [0.2, 0.25) is 5.02 Å². The standard InChI is InChI=1S/C13H16ClN3O/c1-18-6-5-17-10-13(9-16-17)15-8-11-3-2-4-12(14)7-11/h2-4,7,9-10,15H,5-6,8H2,1H3. The monoisotopic (exact) mass is 265 g/mol. The first-order valence-corrected chi connectivity index (χ1v) is 6.15. The van der Waals surface area contributed by atoms with Crippen LogP contribution in [0, 0.1) is 0 Å². The van der Waals surface area contributed by atoms with Gasteiger partial charge in [-0.05, 0) is 17.7 Å². The van der Waals surface area contributed by atoms with Crippen molar-refractivity contribution in [1.29, 1.82) is 0 Å². The highest BCUT2D eigenvalue weighted by Gasteiger charge is 1.99. The first-order valence-electron chi connectivity index (χ1n) is 5.77. The fraction of sp³-hybridized carbons (Fsp3) is 0.308. The van der Waals surface area contributed by atoms with Crippen molar-refractivity contribution in [2.75, 3.05) is 19.0 Å². The number of halogens is 1. The molecule has 0 radical (unpaired) electrons. The summed E-state index contributed by atoms with van der Waals surface area (Å²) in [5.41, 5.74) is 2.14. The SMILES string of the molecule is COCCn1cc(NCc2cccc(Cl)c2)cn1. The molecule has 4 nitrogen and oxygen atoms in total. The van der Waals surface area contributed by atoms with Gasteiger partial charge in [0.05, 0.1) is 25.0 Å². The molecule has 2 aromatic rings. The van der Waals surface area contributed by atoms with Crippen molar-refractivity contribution in [2.45, 2.75) is 13.1 Å². The number of anilines is 1. The van der Waals surface area contributed by atoms with Gasteiger partial charge in [0.1, 0.15) is 0 Å². The fourth-order valence-corrected chi connectivity index (χ4v) is 1.83. The lowest BCUT2D eigenvalue weighted by atomic mass is 10.2. The second-order valence-electron chi connectivity index (χ2n) is 3.97. The van der Waals surface area contributed by atoms with E-state index in [1.807, 2.05) is 35.1 Å². The van der Waals surface area contributed by atoms with Gasteiger partial charge in [-0.3, -0.25) is 4.68 Å². The van der Waals surface area contributed by atoms with Gasteiger partial charge in [-0.15, -0.1) is 0 Å². The van der Waals surface area contributed by atoms with Crippen LogP contribution in [0.25, 0.3) is 0 Å². The maximum absolute atomic E-state index is 5.93. The number of nitrogens with zero attached hydrogens (tertiary/aromatic N) is 2. The van der Waals surface area contributed by atoms with E-state index in [-0.39, 0.29) is 0 Å². The van der Waals surface area contributed by atoms with Crippen LogP contribution in [0.4, 0.5) is 5.69 Å². The van der Waals surface area contributed by atoms with E-state index in [4.69, 9.17) is 16.3 Å². The average Bonchev–Trinajstić information content (AvgIpc) is 2.82. The molecule has 0 fully saturated rings. The Hall–Kier alpha value is -1.52. The molecule has 2 rings (SSSR count). The number of rotatable bonds is 6. The van der Waals surface area contributed by atoms with Crippen molar-refractivity contribution >= 4 is 17.3 Å². The lowest BCUT2D eigenvalue weighted by Gasteiger charge is -2.04. The van der Waals surface area contributed by atoms with E-state index in [1.54, 1.807) is 13.3 Å². The molecule has 0 aliphatic heterocycles. The summed E-state index contributed by atoms with van der Waals surface area (Å²) in [7, 11) is 1.68. The third kappa shape index (κ3) is 3.75. The molecule has 1 heterocycles. The second kappa shape index (κ2) is 6.42. The van der Waals surface area contributed by atoms with E-state index in [2.05, 4.69) is 10.4 Å². The fourth-order valence-electron chi connectivity index (χ4n) is 1.61. The summed E-state index contributed by atoms with van der Waals surface area (Å²) in [5, 5.41) is 8.29. The van der Waals surface area contributed by atoms with E-state index in [9.17, 15) is 0 Å². The zero-order valence-electron chi connectivity index (χ0n) is 10.3. The minimum absolute atomic E-state index is 0.662. The topological polar surface area (TPSA) is 39.1 Å². The molecule has 0 unspecified atom stereocenters. The van der Waals surface area contributed by atoms with Crippen LogP contribution < -0.4 is 5.32 Å². The zero-order chi connectivity index (χ0) is 12.8. The normalized spacial score (nSPS) is 10.6. The van der Waals surface area contributed by atoms with E-state index < -0.39 is 0 Å². The first kappa shape index (κ1) is 12.9. The molecule has 1 aromatic carbocycles. The van der Waals surface area contributed by atoms with Gasteiger partial charge in [0.2, 0.25) is 0 Å². The van der Waals surface area contributed by atoms with Crippen LogP contribution in [-0.4, -0.2) is 23.5 Å². The van der Waals surface area contributed by atoms with Crippen LogP contribution in [-0.2, 0) is 17.8 Å². The van der Waals surface area contributed by atoms with Crippen LogP contribution >= 0.6 is 11.6 Å². The van der Waals surface area contributed by atoms with Crippen molar-refractivity contribution in [3.63, 3.8) is 0 Å². The van der Waals surface area contributed by atoms with Gasteiger partial charge in [-0.25, -0.2) is 0 Å². The number of aromatic nitrogens is 2. The maximum atomic E-state index is 5.93. The minimum atomic E-state index is 0.662. The molecule has 96 valence electrons. The van der Waals surface area contributed by atoms with Crippen LogP contribution in [0.1, 0.15) is 5.56 Å². The summed E-state index contributed by atoms with van der Waals surface area (Å²) in [6, 6.07) is 7.80. The molecule has 18 heavy (non-hydrogen) atoms. The van der Waals surface area contributed by atoms with E-state index in [0.29, 0.717) is 6.61 Å². The Kier molecular flexibility index (Phi) is 4.61. The molecule has 0 saturated heterocycles. The van der Waals surface area contributed by atoms with Crippen molar-refractivity contribution in [3.8, 4) is 0 Å². The highest BCUT2D eigenvalue weighted by molar-refractivity contribution is 6.30. The van der Waals surface area contributed by atoms with Gasteiger partial charge in [-0.2, -0.15) is 5.10 Å². The predicted molar refractivity (Wildman–Crippen MR) is 72.9 cm³/mol. The molecule has 0 aliphatic rings. The molecule has 5 heteroatoms. The van der Waals surface area contributed by atoms with Crippen molar-refractivity contribution in [3.05, 3.63) is 47.2 Å². The molecular weight excluding hydrogens is 250 g/mol. The van der Waals surface area contributed by atoms with Crippen molar-refractivity contribution < 1.29 is 4.74 Å². The van der Waals surface area contributed by atoms with Crippen molar-refractivity contribution in [2.24, 2.45) is 0 Å². The Morgan fingerprint density at radius 2 is 2.33 bits per heavy atom. The van der Waals surface area contributed by atoms with Crippen LogP contribution in [0.5, 0.6) is 0 Å². The minimum Gasteiger partial charge on any atom is -0.383 e. The molecular formula is C13H16ClN3O. The summed E-state index contributed by atoms with van der Waals surface area (Å²) in [6.45, 7) is 2.15. The second-order valence-corrected chi connectivity index (χ2v) is 4.40. The van der Waals surface area contributed by atoms with Gasteiger partial charge in [0.25, 0.3) is 0 Å². The van der Waals surface area contributed by atoms with Crippen molar-refractivity contribution in [1.82, 2.24) is 9.78 Å².